The fourth-order valence-electron chi connectivity index (χ4n) is 2.74. The Balaban J connectivity index is 1.64. The number of rotatable bonds is 4. The van der Waals surface area contributed by atoms with E-state index in [9.17, 15) is 22.0 Å². The molecule has 0 aliphatic carbocycles. The van der Waals surface area contributed by atoms with Crippen LogP contribution in [0.1, 0.15) is 23.2 Å². The molecule has 134 valence electrons. The van der Waals surface area contributed by atoms with Gasteiger partial charge in [-0.1, -0.05) is 0 Å². The lowest BCUT2D eigenvalue weighted by atomic mass is 10.1. The molecule has 3 rings (SSSR count). The molecule has 1 aliphatic rings. The maximum atomic E-state index is 13.7. The van der Waals surface area contributed by atoms with Crippen molar-refractivity contribution in [2.24, 2.45) is 0 Å². The highest BCUT2D eigenvalue weighted by Crippen LogP contribution is 2.19. The van der Waals surface area contributed by atoms with E-state index in [2.05, 4.69) is 4.72 Å². The van der Waals surface area contributed by atoms with Gasteiger partial charge in [0.1, 0.15) is 22.8 Å². The molecule has 6 nitrogen and oxygen atoms in total. The van der Waals surface area contributed by atoms with Crippen LogP contribution >= 0.6 is 0 Å². The Morgan fingerprint density at radius 3 is 2.56 bits per heavy atom. The SMILES string of the molecule is O=C(c1ccoc1)N1CCC(NS(=O)(=O)c2cc(F)ccc2F)CC1. The smallest absolute Gasteiger partial charge is 0.257 e. The Hall–Kier alpha value is -2.26. The third-order valence-corrected chi connectivity index (χ3v) is 5.59. The summed E-state index contributed by atoms with van der Waals surface area (Å²) in [4.78, 5) is 13.1. The van der Waals surface area contributed by atoms with E-state index in [1.807, 2.05) is 0 Å². The van der Waals surface area contributed by atoms with Gasteiger partial charge in [0, 0.05) is 19.1 Å². The number of piperidine rings is 1. The summed E-state index contributed by atoms with van der Waals surface area (Å²) in [5.41, 5.74) is 0.431. The largest absolute Gasteiger partial charge is 0.472 e. The topological polar surface area (TPSA) is 79.6 Å². The van der Waals surface area contributed by atoms with Gasteiger partial charge in [0.2, 0.25) is 10.0 Å². The van der Waals surface area contributed by atoms with Gasteiger partial charge in [0.05, 0.1) is 11.8 Å². The molecule has 0 unspecified atom stereocenters. The van der Waals surface area contributed by atoms with E-state index >= 15 is 0 Å². The third-order valence-electron chi connectivity index (χ3n) is 4.05. The van der Waals surface area contributed by atoms with Crippen molar-refractivity contribution in [3.63, 3.8) is 0 Å². The number of benzene rings is 1. The number of likely N-dealkylation sites (tertiary alicyclic amines) is 1. The van der Waals surface area contributed by atoms with Crippen LogP contribution in [0, 0.1) is 11.6 Å². The number of furan rings is 1. The Morgan fingerprint density at radius 1 is 1.20 bits per heavy atom. The first-order valence-corrected chi connectivity index (χ1v) is 9.14. The predicted octanol–water partition coefficient (Wildman–Crippen LogP) is 2.14. The molecular formula is C16H16F2N2O4S. The molecule has 1 aromatic carbocycles. The lowest BCUT2D eigenvalue weighted by Crippen LogP contribution is -2.46. The zero-order valence-corrected chi connectivity index (χ0v) is 13.9. The molecular weight excluding hydrogens is 354 g/mol. The van der Waals surface area contributed by atoms with Crippen molar-refractivity contribution in [1.29, 1.82) is 0 Å². The first-order chi connectivity index (χ1) is 11.9. The maximum Gasteiger partial charge on any atom is 0.257 e. The van der Waals surface area contributed by atoms with Crippen molar-refractivity contribution in [3.05, 3.63) is 54.0 Å². The van der Waals surface area contributed by atoms with Crippen molar-refractivity contribution in [2.75, 3.05) is 13.1 Å². The lowest BCUT2D eigenvalue weighted by molar-refractivity contribution is 0.0710. The average Bonchev–Trinajstić information content (AvgIpc) is 3.11. The molecule has 1 aliphatic heterocycles. The summed E-state index contributed by atoms with van der Waals surface area (Å²) < 4.78 is 58.7. The number of nitrogens with zero attached hydrogens (tertiary/aromatic N) is 1. The summed E-state index contributed by atoms with van der Waals surface area (Å²) in [7, 11) is -4.18. The van der Waals surface area contributed by atoms with E-state index in [0.29, 0.717) is 37.6 Å². The Bertz CT molecular complexity index is 860. The Kier molecular flexibility index (Phi) is 4.87. The molecule has 1 aromatic heterocycles. The second-order valence-corrected chi connectivity index (χ2v) is 7.46. The fraction of sp³-hybridized carbons (Fsp3) is 0.312. The molecule has 0 spiro atoms. The van der Waals surface area contributed by atoms with Gasteiger partial charge in [0.15, 0.2) is 0 Å². The number of nitrogens with one attached hydrogen (secondary N) is 1. The van der Waals surface area contributed by atoms with Crippen LogP contribution in [0.2, 0.25) is 0 Å². The van der Waals surface area contributed by atoms with E-state index in [-0.39, 0.29) is 5.91 Å². The van der Waals surface area contributed by atoms with Crippen LogP contribution in [0.4, 0.5) is 8.78 Å². The van der Waals surface area contributed by atoms with Gasteiger partial charge in [-0.2, -0.15) is 0 Å². The molecule has 1 N–H and O–H groups in total. The van der Waals surface area contributed by atoms with Gasteiger partial charge >= 0.3 is 0 Å². The molecule has 0 saturated carbocycles. The lowest BCUT2D eigenvalue weighted by Gasteiger charge is -2.32. The number of carbonyl (C=O) groups excluding carboxylic acids is 1. The van der Waals surface area contributed by atoms with Crippen LogP contribution in [0.5, 0.6) is 0 Å². The first-order valence-electron chi connectivity index (χ1n) is 7.66. The van der Waals surface area contributed by atoms with Crippen LogP contribution in [-0.4, -0.2) is 38.4 Å². The van der Waals surface area contributed by atoms with Crippen molar-refractivity contribution >= 4 is 15.9 Å². The normalized spacial score (nSPS) is 16.2. The number of sulfonamides is 1. The average molecular weight is 370 g/mol. The van der Waals surface area contributed by atoms with Gasteiger partial charge in [-0.05, 0) is 37.1 Å². The highest BCUT2D eigenvalue weighted by molar-refractivity contribution is 7.89. The molecule has 9 heteroatoms. The molecule has 2 heterocycles. The Labute approximate surface area is 143 Å². The molecule has 1 fully saturated rings. The summed E-state index contributed by atoms with van der Waals surface area (Å²) in [6.07, 6.45) is 3.50. The minimum atomic E-state index is -4.18. The zero-order valence-electron chi connectivity index (χ0n) is 13.1. The third kappa shape index (κ3) is 3.88. The fourth-order valence-corrected chi connectivity index (χ4v) is 4.13. The second-order valence-electron chi connectivity index (χ2n) is 5.77. The van der Waals surface area contributed by atoms with E-state index in [0.717, 1.165) is 12.1 Å². The number of halogens is 2. The van der Waals surface area contributed by atoms with Crippen LogP contribution in [0.25, 0.3) is 0 Å². The van der Waals surface area contributed by atoms with Crippen molar-refractivity contribution < 1.29 is 26.4 Å². The van der Waals surface area contributed by atoms with Gasteiger partial charge in [-0.15, -0.1) is 0 Å². The number of hydrogen-bond acceptors (Lipinski definition) is 4. The summed E-state index contributed by atoms with van der Waals surface area (Å²) in [5.74, 6) is -2.03. The predicted molar refractivity (Wildman–Crippen MR) is 84.3 cm³/mol. The molecule has 0 radical (unpaired) electrons. The van der Waals surface area contributed by atoms with E-state index < -0.39 is 32.6 Å². The molecule has 0 bridgehead atoms. The van der Waals surface area contributed by atoms with E-state index in [1.54, 1.807) is 11.0 Å². The quantitative estimate of drug-likeness (QED) is 0.894. The van der Waals surface area contributed by atoms with E-state index in [1.165, 1.54) is 12.5 Å². The van der Waals surface area contributed by atoms with Gasteiger partial charge < -0.3 is 9.32 Å². The Morgan fingerprint density at radius 2 is 1.92 bits per heavy atom. The zero-order chi connectivity index (χ0) is 18.0. The van der Waals surface area contributed by atoms with Gasteiger partial charge in [-0.3, -0.25) is 4.79 Å². The minimum absolute atomic E-state index is 0.189. The summed E-state index contributed by atoms with van der Waals surface area (Å²) in [6.45, 7) is 0.700. The highest BCUT2D eigenvalue weighted by Gasteiger charge is 2.29. The standard InChI is InChI=1S/C16H16F2N2O4S/c17-12-1-2-14(18)15(9-12)25(22,23)19-13-3-6-20(7-4-13)16(21)11-5-8-24-10-11/h1-2,5,8-10,13,19H,3-4,6-7H2. The van der Waals surface area contributed by atoms with Crippen LogP contribution in [-0.2, 0) is 10.0 Å². The highest BCUT2D eigenvalue weighted by atomic mass is 32.2. The molecule has 25 heavy (non-hydrogen) atoms. The summed E-state index contributed by atoms with van der Waals surface area (Å²) >= 11 is 0. The van der Waals surface area contributed by atoms with Crippen molar-refractivity contribution in [2.45, 2.75) is 23.8 Å². The first kappa shape index (κ1) is 17.6. The summed E-state index contributed by atoms with van der Waals surface area (Å²) in [6, 6.07) is 3.38. The van der Waals surface area contributed by atoms with E-state index in [4.69, 9.17) is 4.42 Å². The number of amides is 1. The van der Waals surface area contributed by atoms with Crippen molar-refractivity contribution in [3.8, 4) is 0 Å². The van der Waals surface area contributed by atoms with Crippen LogP contribution in [0.3, 0.4) is 0 Å². The summed E-state index contributed by atoms with van der Waals surface area (Å²) in [5, 5.41) is 0. The second kappa shape index (κ2) is 6.93. The molecule has 1 saturated heterocycles. The maximum absolute atomic E-state index is 13.7. The van der Waals surface area contributed by atoms with Crippen molar-refractivity contribution in [1.82, 2.24) is 9.62 Å². The van der Waals surface area contributed by atoms with Gasteiger partial charge in [0.25, 0.3) is 5.91 Å². The molecule has 1 amide bonds. The molecule has 2 aromatic rings. The minimum Gasteiger partial charge on any atom is -0.472 e. The van der Waals surface area contributed by atoms with Crippen LogP contribution in [0.15, 0.2) is 46.1 Å². The number of hydrogen-bond donors (Lipinski definition) is 1. The van der Waals surface area contributed by atoms with Gasteiger partial charge in [-0.25, -0.2) is 21.9 Å². The van der Waals surface area contributed by atoms with Crippen LogP contribution < -0.4 is 4.72 Å². The number of carbonyl (C=O) groups is 1. The monoisotopic (exact) mass is 370 g/mol. The molecule has 0 atom stereocenters.